The van der Waals surface area contributed by atoms with Gasteiger partial charge in [-0.2, -0.15) is 0 Å². The van der Waals surface area contributed by atoms with Crippen LogP contribution in [0.5, 0.6) is 5.75 Å². The number of fused-ring (bicyclic) bond motifs is 1. The van der Waals surface area contributed by atoms with E-state index < -0.39 is 6.10 Å². The maximum absolute atomic E-state index is 12.7. The van der Waals surface area contributed by atoms with Crippen molar-refractivity contribution in [3.63, 3.8) is 0 Å². The van der Waals surface area contributed by atoms with Crippen molar-refractivity contribution >= 4 is 38.4 Å². The van der Waals surface area contributed by atoms with Crippen LogP contribution < -0.4 is 10.3 Å². The monoisotopic (exact) mass is 464 g/mol. The van der Waals surface area contributed by atoms with E-state index in [1.165, 1.54) is 10.9 Å². The Morgan fingerprint density at radius 3 is 2.75 bits per heavy atom. The molecule has 5 nitrogen and oxygen atoms in total. The lowest BCUT2D eigenvalue weighted by molar-refractivity contribution is 0.0908. The molecule has 2 aromatic carbocycles. The van der Waals surface area contributed by atoms with Crippen molar-refractivity contribution in [3.8, 4) is 5.75 Å². The number of aliphatic hydroxyl groups excluding tert-OH is 1. The summed E-state index contributed by atoms with van der Waals surface area (Å²) in [7, 11) is 0. The first-order valence-electron chi connectivity index (χ1n) is 9.02. The van der Waals surface area contributed by atoms with Gasteiger partial charge in [0.25, 0.3) is 5.56 Å². The summed E-state index contributed by atoms with van der Waals surface area (Å²) in [5.41, 5.74) is 2.32. The number of benzene rings is 2. The summed E-state index contributed by atoms with van der Waals surface area (Å²) in [5, 5.41) is 11.6. The lowest BCUT2D eigenvalue weighted by Crippen LogP contribution is -2.30. The fourth-order valence-corrected chi connectivity index (χ4v) is 3.51. The highest BCUT2D eigenvalue weighted by Gasteiger charge is 2.14. The van der Waals surface area contributed by atoms with Gasteiger partial charge in [-0.1, -0.05) is 41.4 Å². The smallest absolute Gasteiger partial charge is 0.261 e. The zero-order chi connectivity index (χ0) is 20.4. The van der Waals surface area contributed by atoms with Gasteiger partial charge in [0, 0.05) is 9.50 Å². The van der Waals surface area contributed by atoms with Crippen LogP contribution in [0.4, 0.5) is 0 Å². The summed E-state index contributed by atoms with van der Waals surface area (Å²) in [5.74, 6) is 0.930. The Morgan fingerprint density at radius 1 is 1.29 bits per heavy atom. The molecule has 3 aromatic rings. The lowest BCUT2D eigenvalue weighted by Gasteiger charge is -2.18. The van der Waals surface area contributed by atoms with Gasteiger partial charge in [0.2, 0.25) is 0 Å². The van der Waals surface area contributed by atoms with E-state index in [2.05, 4.69) is 34.8 Å². The molecule has 0 spiro atoms. The summed E-state index contributed by atoms with van der Waals surface area (Å²) in [6, 6.07) is 9.13. The standard InChI is InChI=1S/C21H22BrClN2O3/c1-12(2)16-8-18(23)13(3)6-20(16)28-10-15(26)9-25-11-24-19-5-4-14(22)7-17(19)21(25)27/h4-8,11-12,15,26H,9-10H2,1-3H3. The Morgan fingerprint density at radius 2 is 2.04 bits per heavy atom. The molecule has 7 heteroatoms. The lowest BCUT2D eigenvalue weighted by atomic mass is 10.0. The van der Waals surface area contributed by atoms with Crippen LogP contribution in [0.2, 0.25) is 5.02 Å². The predicted octanol–water partition coefficient (Wildman–Crippen LogP) is 4.68. The molecule has 1 N–H and O–H groups in total. The SMILES string of the molecule is Cc1cc(OCC(O)Cn2cnc3ccc(Br)cc3c2=O)c(C(C)C)cc1Cl. The second-order valence-corrected chi connectivity index (χ2v) is 8.45. The highest BCUT2D eigenvalue weighted by Crippen LogP contribution is 2.32. The number of hydrogen-bond acceptors (Lipinski definition) is 4. The molecule has 3 rings (SSSR count). The maximum Gasteiger partial charge on any atom is 0.261 e. The number of rotatable bonds is 6. The normalized spacial score (nSPS) is 12.5. The highest BCUT2D eigenvalue weighted by molar-refractivity contribution is 9.10. The van der Waals surface area contributed by atoms with Crippen LogP contribution in [-0.4, -0.2) is 27.4 Å². The zero-order valence-electron chi connectivity index (χ0n) is 15.9. The third-order valence-corrected chi connectivity index (χ3v) is 5.44. The fourth-order valence-electron chi connectivity index (χ4n) is 2.97. The van der Waals surface area contributed by atoms with Crippen LogP contribution in [0, 0.1) is 6.92 Å². The average molecular weight is 466 g/mol. The minimum absolute atomic E-state index is 0.0593. The number of aryl methyl sites for hydroxylation is 1. The van der Waals surface area contributed by atoms with Crippen molar-refractivity contribution in [2.24, 2.45) is 0 Å². The number of hydrogen-bond donors (Lipinski definition) is 1. The molecule has 1 unspecified atom stereocenters. The van der Waals surface area contributed by atoms with E-state index in [1.807, 2.05) is 25.1 Å². The molecule has 0 bridgehead atoms. The van der Waals surface area contributed by atoms with Crippen LogP contribution >= 0.6 is 27.5 Å². The third kappa shape index (κ3) is 4.57. The van der Waals surface area contributed by atoms with Gasteiger partial charge in [0.1, 0.15) is 18.5 Å². The first kappa shape index (κ1) is 20.8. The quantitative estimate of drug-likeness (QED) is 0.574. The van der Waals surface area contributed by atoms with E-state index >= 15 is 0 Å². The summed E-state index contributed by atoms with van der Waals surface area (Å²) in [6.07, 6.45) is 0.591. The Hall–Kier alpha value is -1.89. The number of aromatic nitrogens is 2. The molecule has 0 saturated heterocycles. The number of halogens is 2. The van der Waals surface area contributed by atoms with E-state index in [0.717, 1.165) is 15.6 Å². The first-order valence-corrected chi connectivity index (χ1v) is 10.2. The minimum Gasteiger partial charge on any atom is -0.491 e. The van der Waals surface area contributed by atoms with Gasteiger partial charge in [0.05, 0.1) is 23.8 Å². The van der Waals surface area contributed by atoms with Gasteiger partial charge in [-0.15, -0.1) is 0 Å². The summed E-state index contributed by atoms with van der Waals surface area (Å²) >= 11 is 9.59. The van der Waals surface area contributed by atoms with Crippen molar-refractivity contribution in [1.29, 1.82) is 0 Å². The van der Waals surface area contributed by atoms with Gasteiger partial charge in [0.15, 0.2) is 0 Å². The van der Waals surface area contributed by atoms with E-state index in [-0.39, 0.29) is 24.6 Å². The first-order chi connectivity index (χ1) is 13.3. The largest absolute Gasteiger partial charge is 0.491 e. The number of ether oxygens (including phenoxy) is 1. The molecular formula is C21H22BrClN2O3. The van der Waals surface area contributed by atoms with Gasteiger partial charge in [-0.3, -0.25) is 9.36 Å². The topological polar surface area (TPSA) is 64.3 Å². The van der Waals surface area contributed by atoms with Crippen molar-refractivity contribution < 1.29 is 9.84 Å². The van der Waals surface area contributed by atoms with Crippen LogP contribution in [0.25, 0.3) is 10.9 Å². The third-order valence-electron chi connectivity index (χ3n) is 4.54. The molecule has 148 valence electrons. The zero-order valence-corrected chi connectivity index (χ0v) is 18.3. The molecule has 1 aromatic heterocycles. The molecule has 0 amide bonds. The summed E-state index contributed by atoms with van der Waals surface area (Å²) in [6.45, 7) is 6.18. The van der Waals surface area contributed by atoms with Crippen LogP contribution in [0.1, 0.15) is 30.9 Å². The average Bonchev–Trinajstić information content (AvgIpc) is 2.65. The number of aliphatic hydroxyl groups is 1. The van der Waals surface area contributed by atoms with Crippen LogP contribution in [0.15, 0.2) is 45.9 Å². The van der Waals surface area contributed by atoms with Crippen molar-refractivity contribution in [2.75, 3.05) is 6.61 Å². The fraction of sp³-hybridized carbons (Fsp3) is 0.333. The second kappa shape index (κ2) is 8.64. The number of nitrogens with zero attached hydrogens (tertiary/aromatic N) is 2. The molecular weight excluding hydrogens is 444 g/mol. The predicted molar refractivity (Wildman–Crippen MR) is 115 cm³/mol. The van der Waals surface area contributed by atoms with Gasteiger partial charge >= 0.3 is 0 Å². The van der Waals surface area contributed by atoms with E-state index in [4.69, 9.17) is 16.3 Å². The van der Waals surface area contributed by atoms with Crippen LogP contribution in [-0.2, 0) is 6.54 Å². The molecule has 0 fully saturated rings. The molecule has 0 radical (unpaired) electrons. The molecule has 0 aliphatic rings. The van der Waals surface area contributed by atoms with E-state index in [1.54, 1.807) is 12.1 Å². The minimum atomic E-state index is -0.861. The molecule has 0 saturated carbocycles. The van der Waals surface area contributed by atoms with E-state index in [9.17, 15) is 9.90 Å². The van der Waals surface area contributed by atoms with Crippen molar-refractivity contribution in [2.45, 2.75) is 39.3 Å². The second-order valence-electron chi connectivity index (χ2n) is 7.12. The molecule has 28 heavy (non-hydrogen) atoms. The Labute approximate surface area is 177 Å². The molecule has 1 heterocycles. The molecule has 0 aliphatic heterocycles. The Balaban J connectivity index is 1.76. The van der Waals surface area contributed by atoms with Crippen LogP contribution in [0.3, 0.4) is 0 Å². The highest BCUT2D eigenvalue weighted by atomic mass is 79.9. The van der Waals surface area contributed by atoms with Crippen molar-refractivity contribution in [3.05, 3.63) is 67.6 Å². The van der Waals surface area contributed by atoms with E-state index in [0.29, 0.717) is 21.7 Å². The van der Waals surface area contributed by atoms with Gasteiger partial charge < -0.3 is 9.84 Å². The molecule has 1 atom stereocenters. The van der Waals surface area contributed by atoms with Gasteiger partial charge in [-0.05, 0) is 54.3 Å². The summed E-state index contributed by atoms with van der Waals surface area (Å²) < 4.78 is 8.07. The Bertz CT molecular complexity index is 1070. The summed E-state index contributed by atoms with van der Waals surface area (Å²) in [4.78, 5) is 16.9. The molecule has 0 aliphatic carbocycles. The maximum atomic E-state index is 12.7. The van der Waals surface area contributed by atoms with Crippen molar-refractivity contribution in [1.82, 2.24) is 9.55 Å². The van der Waals surface area contributed by atoms with Gasteiger partial charge in [-0.25, -0.2) is 4.98 Å². The Kier molecular flexibility index (Phi) is 6.43.